The van der Waals surface area contributed by atoms with Gasteiger partial charge in [0.15, 0.2) is 0 Å². The minimum atomic E-state index is 0.284. The van der Waals surface area contributed by atoms with Gasteiger partial charge in [0.05, 0.1) is 12.3 Å². The second kappa shape index (κ2) is 5.78. The Balaban J connectivity index is 2.15. The summed E-state index contributed by atoms with van der Waals surface area (Å²) in [5.41, 5.74) is 0. The van der Waals surface area contributed by atoms with Gasteiger partial charge in [-0.1, -0.05) is 0 Å². The van der Waals surface area contributed by atoms with E-state index >= 15 is 0 Å². The molecular weight excluding hydrogens is 166 g/mol. The Hall–Kier alpha value is -0.800. The van der Waals surface area contributed by atoms with Gasteiger partial charge in [-0.15, -0.1) is 0 Å². The van der Waals surface area contributed by atoms with Gasteiger partial charge in [-0.2, -0.15) is 0 Å². The Morgan fingerprint density at radius 3 is 3.08 bits per heavy atom. The molecule has 0 spiro atoms. The number of nitrogens with one attached hydrogen (secondary N) is 1. The summed E-state index contributed by atoms with van der Waals surface area (Å²) in [5.74, 6) is 0.984. The maximum Gasteiger partial charge on any atom is 0.120 e. The Morgan fingerprint density at radius 2 is 2.46 bits per heavy atom. The van der Waals surface area contributed by atoms with Crippen LogP contribution in [0.1, 0.15) is 25.1 Å². The van der Waals surface area contributed by atoms with Crippen molar-refractivity contribution in [3.05, 3.63) is 24.2 Å². The fourth-order valence-corrected chi connectivity index (χ4v) is 1.17. The lowest BCUT2D eigenvalue weighted by molar-refractivity contribution is 0.193. The highest BCUT2D eigenvalue weighted by atomic mass is 16.5. The predicted octanol–water partition coefficient (Wildman–Crippen LogP) is 1.97. The van der Waals surface area contributed by atoms with Gasteiger partial charge in [0.2, 0.25) is 0 Å². The zero-order valence-electron chi connectivity index (χ0n) is 8.25. The van der Waals surface area contributed by atoms with Gasteiger partial charge in [0.25, 0.3) is 0 Å². The zero-order chi connectivity index (χ0) is 9.52. The summed E-state index contributed by atoms with van der Waals surface area (Å²) >= 11 is 0. The van der Waals surface area contributed by atoms with Crippen molar-refractivity contribution in [3.63, 3.8) is 0 Å². The van der Waals surface area contributed by atoms with Gasteiger partial charge >= 0.3 is 0 Å². The second-order valence-electron chi connectivity index (χ2n) is 3.04. The van der Waals surface area contributed by atoms with Crippen molar-refractivity contribution in [2.45, 2.75) is 19.4 Å². The molecule has 0 fully saturated rings. The van der Waals surface area contributed by atoms with Gasteiger partial charge < -0.3 is 14.5 Å². The van der Waals surface area contributed by atoms with Crippen molar-refractivity contribution >= 4 is 0 Å². The average Bonchev–Trinajstić information content (AvgIpc) is 2.65. The highest BCUT2D eigenvalue weighted by Crippen LogP contribution is 2.11. The van der Waals surface area contributed by atoms with Crippen molar-refractivity contribution < 1.29 is 9.15 Å². The maximum absolute atomic E-state index is 5.26. The van der Waals surface area contributed by atoms with E-state index in [4.69, 9.17) is 9.15 Å². The van der Waals surface area contributed by atoms with E-state index < -0.39 is 0 Å². The first-order valence-electron chi connectivity index (χ1n) is 4.60. The third-order valence-electron chi connectivity index (χ3n) is 1.95. The van der Waals surface area contributed by atoms with Crippen LogP contribution in [0.2, 0.25) is 0 Å². The molecule has 74 valence electrons. The van der Waals surface area contributed by atoms with Crippen molar-refractivity contribution in [1.82, 2.24) is 5.32 Å². The maximum atomic E-state index is 5.26. The minimum absolute atomic E-state index is 0.284. The van der Waals surface area contributed by atoms with Gasteiger partial charge in [-0.3, -0.25) is 0 Å². The van der Waals surface area contributed by atoms with Gasteiger partial charge in [-0.05, 0) is 32.0 Å². The lowest BCUT2D eigenvalue weighted by Crippen LogP contribution is -2.20. The van der Waals surface area contributed by atoms with Gasteiger partial charge in [-0.25, -0.2) is 0 Å². The third-order valence-corrected chi connectivity index (χ3v) is 1.95. The summed E-state index contributed by atoms with van der Waals surface area (Å²) in [6.45, 7) is 3.85. The number of hydrogen-bond donors (Lipinski definition) is 1. The Kier molecular flexibility index (Phi) is 4.57. The molecule has 13 heavy (non-hydrogen) atoms. The average molecular weight is 183 g/mol. The van der Waals surface area contributed by atoms with Crippen LogP contribution in [-0.4, -0.2) is 20.3 Å². The normalized spacial score (nSPS) is 13.1. The molecule has 3 heteroatoms. The number of furan rings is 1. The highest BCUT2D eigenvalue weighted by Gasteiger charge is 2.05. The molecule has 1 aromatic rings. The number of hydrogen-bond acceptors (Lipinski definition) is 3. The Labute approximate surface area is 79.1 Å². The first kappa shape index (κ1) is 10.3. The molecule has 0 saturated carbocycles. The molecule has 0 amide bonds. The van der Waals surface area contributed by atoms with Gasteiger partial charge in [0.1, 0.15) is 5.76 Å². The van der Waals surface area contributed by atoms with Crippen LogP contribution in [0.5, 0.6) is 0 Å². The lowest BCUT2D eigenvalue weighted by Gasteiger charge is -2.10. The smallest absolute Gasteiger partial charge is 0.120 e. The molecule has 1 unspecified atom stereocenters. The van der Waals surface area contributed by atoms with Crippen LogP contribution in [0, 0.1) is 0 Å². The monoisotopic (exact) mass is 183 g/mol. The van der Waals surface area contributed by atoms with Crippen LogP contribution < -0.4 is 5.32 Å². The van der Waals surface area contributed by atoms with E-state index in [1.54, 1.807) is 13.4 Å². The fourth-order valence-electron chi connectivity index (χ4n) is 1.17. The van der Waals surface area contributed by atoms with E-state index in [1.165, 1.54) is 0 Å². The van der Waals surface area contributed by atoms with E-state index in [1.807, 2.05) is 12.1 Å². The zero-order valence-corrected chi connectivity index (χ0v) is 8.25. The molecule has 0 aliphatic heterocycles. The molecule has 0 aliphatic carbocycles. The molecule has 3 nitrogen and oxygen atoms in total. The van der Waals surface area contributed by atoms with Crippen molar-refractivity contribution in [2.24, 2.45) is 0 Å². The predicted molar refractivity (Wildman–Crippen MR) is 51.6 cm³/mol. The summed E-state index contributed by atoms with van der Waals surface area (Å²) in [5, 5.41) is 3.35. The molecule has 1 atom stereocenters. The molecule has 0 bridgehead atoms. The van der Waals surface area contributed by atoms with Crippen molar-refractivity contribution in [3.8, 4) is 0 Å². The first-order chi connectivity index (χ1) is 6.34. The highest BCUT2D eigenvalue weighted by molar-refractivity contribution is 5.02. The lowest BCUT2D eigenvalue weighted by atomic mass is 10.2. The van der Waals surface area contributed by atoms with Gasteiger partial charge in [0, 0.05) is 13.7 Å². The summed E-state index contributed by atoms with van der Waals surface area (Å²) < 4.78 is 10.2. The standard InChI is InChI=1S/C10H17NO2/c1-9(10-5-3-8-13-10)11-6-4-7-12-2/h3,5,8-9,11H,4,6-7H2,1-2H3. The van der Waals surface area contributed by atoms with Crippen molar-refractivity contribution in [1.29, 1.82) is 0 Å². The topological polar surface area (TPSA) is 34.4 Å². The van der Waals surface area contributed by atoms with E-state index in [0.717, 1.165) is 25.3 Å². The number of rotatable bonds is 6. The molecule has 1 rings (SSSR count). The summed E-state index contributed by atoms with van der Waals surface area (Å²) in [6.07, 6.45) is 2.73. The first-order valence-corrected chi connectivity index (χ1v) is 4.60. The van der Waals surface area contributed by atoms with Crippen LogP contribution in [-0.2, 0) is 4.74 Å². The summed E-state index contributed by atoms with van der Waals surface area (Å²) in [6, 6.07) is 4.17. The molecule has 0 aromatic carbocycles. The minimum Gasteiger partial charge on any atom is -0.468 e. The molecular formula is C10H17NO2. The molecule has 0 aliphatic rings. The quantitative estimate of drug-likeness (QED) is 0.685. The van der Waals surface area contributed by atoms with Crippen LogP contribution in [0.4, 0.5) is 0 Å². The largest absolute Gasteiger partial charge is 0.468 e. The SMILES string of the molecule is COCCCNC(C)c1ccco1. The van der Waals surface area contributed by atoms with Crippen LogP contribution in [0.3, 0.4) is 0 Å². The molecule has 0 radical (unpaired) electrons. The van der Waals surface area contributed by atoms with E-state index in [-0.39, 0.29) is 6.04 Å². The number of methoxy groups -OCH3 is 1. The van der Waals surface area contributed by atoms with Crippen LogP contribution in [0.15, 0.2) is 22.8 Å². The van der Waals surface area contributed by atoms with Crippen molar-refractivity contribution in [2.75, 3.05) is 20.3 Å². The Morgan fingerprint density at radius 1 is 1.62 bits per heavy atom. The van der Waals surface area contributed by atoms with E-state index in [9.17, 15) is 0 Å². The third kappa shape index (κ3) is 3.61. The molecule has 1 heterocycles. The summed E-state index contributed by atoms with van der Waals surface area (Å²) in [7, 11) is 1.72. The summed E-state index contributed by atoms with van der Waals surface area (Å²) in [4.78, 5) is 0. The molecule has 1 N–H and O–H groups in total. The van der Waals surface area contributed by atoms with E-state index in [2.05, 4.69) is 12.2 Å². The molecule has 0 saturated heterocycles. The molecule has 1 aromatic heterocycles. The van der Waals surface area contributed by atoms with Crippen LogP contribution in [0.25, 0.3) is 0 Å². The fraction of sp³-hybridized carbons (Fsp3) is 0.600. The second-order valence-corrected chi connectivity index (χ2v) is 3.04. The van der Waals surface area contributed by atoms with Crippen LogP contribution >= 0.6 is 0 Å². The number of ether oxygens (including phenoxy) is 1. The van der Waals surface area contributed by atoms with E-state index in [0.29, 0.717) is 0 Å². The Bertz CT molecular complexity index is 209.